The Morgan fingerprint density at radius 1 is 1.17 bits per heavy atom. The SMILES string of the molecule is CCNC(O)CC1N=C(c2ccc(Cl)cc2)c2cc(O)ccc2-n2c(C)nnc21. The van der Waals surface area contributed by atoms with E-state index in [1.165, 1.54) is 0 Å². The van der Waals surface area contributed by atoms with Gasteiger partial charge in [-0.25, -0.2) is 0 Å². The number of hydrogen-bond donors (Lipinski definition) is 3. The molecule has 7 nitrogen and oxygen atoms in total. The number of nitrogens with one attached hydrogen (secondary N) is 1. The molecular formula is C21H22ClN5O2. The average Bonchev–Trinajstić information content (AvgIpc) is 3.01. The van der Waals surface area contributed by atoms with E-state index in [0.29, 0.717) is 35.3 Å². The van der Waals surface area contributed by atoms with Crippen molar-refractivity contribution in [1.82, 2.24) is 20.1 Å². The Balaban J connectivity index is 1.94. The minimum absolute atomic E-state index is 0.142. The highest BCUT2D eigenvalue weighted by atomic mass is 35.5. The van der Waals surface area contributed by atoms with Crippen molar-refractivity contribution in [1.29, 1.82) is 0 Å². The molecule has 8 heteroatoms. The maximum Gasteiger partial charge on any atom is 0.162 e. The number of aryl methyl sites for hydroxylation is 1. The van der Waals surface area contributed by atoms with Crippen molar-refractivity contribution in [2.24, 2.45) is 4.99 Å². The highest BCUT2D eigenvalue weighted by Gasteiger charge is 2.29. The molecule has 1 aromatic heterocycles. The molecule has 29 heavy (non-hydrogen) atoms. The normalized spacial score (nSPS) is 16.6. The third kappa shape index (κ3) is 3.76. The van der Waals surface area contributed by atoms with Crippen molar-refractivity contribution in [3.05, 3.63) is 70.3 Å². The number of fused-ring (bicyclic) bond motifs is 3. The molecule has 2 atom stereocenters. The lowest BCUT2D eigenvalue weighted by molar-refractivity contribution is 0.121. The van der Waals surface area contributed by atoms with Gasteiger partial charge >= 0.3 is 0 Å². The molecule has 2 aromatic carbocycles. The van der Waals surface area contributed by atoms with Crippen molar-refractivity contribution in [2.75, 3.05) is 6.54 Å². The molecule has 150 valence electrons. The molecule has 1 aliphatic rings. The lowest BCUT2D eigenvalue weighted by atomic mass is 10.00. The monoisotopic (exact) mass is 411 g/mol. The summed E-state index contributed by atoms with van der Waals surface area (Å²) < 4.78 is 1.94. The van der Waals surface area contributed by atoms with E-state index in [4.69, 9.17) is 16.6 Å². The number of phenolic OH excluding ortho intramolecular Hbond substituents is 1. The fourth-order valence-corrected chi connectivity index (χ4v) is 3.74. The number of hydrogen-bond acceptors (Lipinski definition) is 6. The summed E-state index contributed by atoms with van der Waals surface area (Å²) in [7, 11) is 0. The smallest absolute Gasteiger partial charge is 0.162 e. The van der Waals surface area contributed by atoms with Gasteiger partial charge in [-0.15, -0.1) is 10.2 Å². The molecule has 0 radical (unpaired) electrons. The molecule has 0 aliphatic carbocycles. The number of aliphatic hydroxyl groups excluding tert-OH is 1. The first-order valence-electron chi connectivity index (χ1n) is 9.48. The number of aromatic nitrogens is 3. The zero-order valence-electron chi connectivity index (χ0n) is 16.2. The van der Waals surface area contributed by atoms with Crippen LogP contribution in [0.15, 0.2) is 47.5 Å². The van der Waals surface area contributed by atoms with E-state index in [0.717, 1.165) is 16.8 Å². The van der Waals surface area contributed by atoms with Crippen LogP contribution in [0.1, 0.15) is 42.2 Å². The number of nitrogens with zero attached hydrogens (tertiary/aromatic N) is 4. The van der Waals surface area contributed by atoms with E-state index in [2.05, 4.69) is 15.5 Å². The first-order valence-corrected chi connectivity index (χ1v) is 9.86. The third-order valence-electron chi connectivity index (χ3n) is 4.91. The number of aliphatic hydroxyl groups is 1. The molecule has 0 bridgehead atoms. The zero-order valence-corrected chi connectivity index (χ0v) is 16.9. The van der Waals surface area contributed by atoms with Crippen LogP contribution in [0.5, 0.6) is 5.75 Å². The van der Waals surface area contributed by atoms with Gasteiger partial charge in [-0.2, -0.15) is 0 Å². The minimum atomic E-state index is -0.736. The summed E-state index contributed by atoms with van der Waals surface area (Å²) in [6.07, 6.45) is -0.400. The quantitative estimate of drug-likeness (QED) is 0.560. The summed E-state index contributed by atoms with van der Waals surface area (Å²) in [6, 6.07) is 12.1. The molecule has 2 unspecified atom stereocenters. The Kier molecular flexibility index (Phi) is 5.36. The predicted molar refractivity (Wildman–Crippen MR) is 112 cm³/mol. The summed E-state index contributed by atoms with van der Waals surface area (Å²) in [6.45, 7) is 4.45. The Morgan fingerprint density at radius 2 is 1.93 bits per heavy atom. The standard InChI is InChI=1S/C21H22ClN5O2/c1-3-23-19(29)11-17-21-26-25-12(2)27(21)18-9-8-15(28)10-16(18)20(24-17)13-4-6-14(22)7-5-13/h4-10,17,19,23,28-29H,3,11H2,1-2H3. The van der Waals surface area contributed by atoms with Crippen molar-refractivity contribution in [3.63, 3.8) is 0 Å². The van der Waals surface area contributed by atoms with Gasteiger partial charge in [0.05, 0.1) is 11.4 Å². The predicted octanol–water partition coefficient (Wildman–Crippen LogP) is 3.14. The Hall–Kier alpha value is -2.74. The number of aliphatic imine (C=N–C) groups is 1. The van der Waals surface area contributed by atoms with E-state index in [1.807, 2.05) is 36.6 Å². The topological polar surface area (TPSA) is 95.6 Å². The fourth-order valence-electron chi connectivity index (χ4n) is 3.61. The Morgan fingerprint density at radius 3 is 2.66 bits per heavy atom. The van der Waals surface area contributed by atoms with Crippen LogP contribution in [0.2, 0.25) is 5.02 Å². The lowest BCUT2D eigenvalue weighted by Gasteiger charge is -2.17. The summed E-state index contributed by atoms with van der Waals surface area (Å²) in [5.74, 6) is 1.50. The van der Waals surface area contributed by atoms with Crippen LogP contribution in [-0.2, 0) is 0 Å². The molecule has 0 amide bonds. The van der Waals surface area contributed by atoms with Crippen molar-refractivity contribution < 1.29 is 10.2 Å². The van der Waals surface area contributed by atoms with Crippen LogP contribution in [0.25, 0.3) is 5.69 Å². The Bertz CT molecular complexity index is 1060. The molecule has 2 heterocycles. The number of phenols is 1. The average molecular weight is 412 g/mol. The van der Waals surface area contributed by atoms with Crippen LogP contribution < -0.4 is 5.32 Å². The second kappa shape index (κ2) is 7.94. The maximum absolute atomic E-state index is 10.4. The molecule has 3 aromatic rings. The number of benzene rings is 2. The van der Waals surface area contributed by atoms with Crippen molar-refractivity contribution >= 4 is 17.3 Å². The van der Waals surface area contributed by atoms with Gasteiger partial charge in [0.25, 0.3) is 0 Å². The van der Waals surface area contributed by atoms with Gasteiger partial charge in [-0.3, -0.25) is 14.9 Å². The largest absolute Gasteiger partial charge is 0.508 e. The summed E-state index contributed by atoms with van der Waals surface area (Å²) in [4.78, 5) is 4.97. The van der Waals surface area contributed by atoms with E-state index in [9.17, 15) is 10.2 Å². The summed E-state index contributed by atoms with van der Waals surface area (Å²) in [5, 5.41) is 32.8. The van der Waals surface area contributed by atoms with Gasteiger partial charge in [0.1, 0.15) is 23.8 Å². The van der Waals surface area contributed by atoms with E-state index < -0.39 is 12.3 Å². The summed E-state index contributed by atoms with van der Waals surface area (Å²) in [5.41, 5.74) is 3.15. The van der Waals surface area contributed by atoms with Crippen molar-refractivity contribution in [3.8, 4) is 11.4 Å². The number of halogens is 1. The van der Waals surface area contributed by atoms with E-state index in [1.54, 1.807) is 24.3 Å². The minimum Gasteiger partial charge on any atom is -0.508 e. The van der Waals surface area contributed by atoms with Gasteiger partial charge in [0.2, 0.25) is 0 Å². The fraction of sp³-hybridized carbons (Fsp3) is 0.286. The first-order chi connectivity index (χ1) is 14.0. The molecule has 0 saturated carbocycles. The van der Waals surface area contributed by atoms with Crippen LogP contribution in [0.4, 0.5) is 0 Å². The van der Waals surface area contributed by atoms with Gasteiger partial charge in [-0.05, 0) is 43.8 Å². The molecule has 0 fully saturated rings. The van der Waals surface area contributed by atoms with Gasteiger partial charge < -0.3 is 10.2 Å². The second-order valence-corrected chi connectivity index (χ2v) is 7.39. The first kappa shape index (κ1) is 19.6. The number of aromatic hydroxyl groups is 1. The molecular weight excluding hydrogens is 390 g/mol. The van der Waals surface area contributed by atoms with Crippen LogP contribution in [0.3, 0.4) is 0 Å². The lowest BCUT2D eigenvalue weighted by Crippen LogP contribution is -2.30. The third-order valence-corrected chi connectivity index (χ3v) is 5.16. The van der Waals surface area contributed by atoms with Gasteiger partial charge in [-0.1, -0.05) is 30.7 Å². The van der Waals surface area contributed by atoms with E-state index >= 15 is 0 Å². The molecule has 0 spiro atoms. The van der Waals surface area contributed by atoms with Crippen LogP contribution in [-0.4, -0.2) is 43.5 Å². The molecule has 4 rings (SSSR count). The highest BCUT2D eigenvalue weighted by molar-refractivity contribution is 6.30. The molecule has 1 aliphatic heterocycles. The summed E-state index contributed by atoms with van der Waals surface area (Å²) >= 11 is 6.07. The molecule has 3 N–H and O–H groups in total. The Labute approximate surface area is 173 Å². The van der Waals surface area contributed by atoms with Gasteiger partial charge in [0.15, 0.2) is 5.82 Å². The van der Waals surface area contributed by atoms with Crippen LogP contribution in [0, 0.1) is 6.92 Å². The molecule has 0 saturated heterocycles. The second-order valence-electron chi connectivity index (χ2n) is 6.95. The van der Waals surface area contributed by atoms with E-state index in [-0.39, 0.29) is 5.75 Å². The number of rotatable bonds is 5. The van der Waals surface area contributed by atoms with Crippen molar-refractivity contribution in [2.45, 2.75) is 32.5 Å². The highest BCUT2D eigenvalue weighted by Crippen LogP contribution is 2.34. The van der Waals surface area contributed by atoms with Crippen LogP contribution >= 0.6 is 11.6 Å². The van der Waals surface area contributed by atoms with Gasteiger partial charge in [0, 0.05) is 22.6 Å². The maximum atomic E-state index is 10.4. The zero-order chi connectivity index (χ0) is 20.5.